The molecule has 0 aromatic heterocycles. The van der Waals surface area contributed by atoms with Crippen LogP contribution in [-0.2, 0) is 24.8 Å². The highest BCUT2D eigenvalue weighted by molar-refractivity contribution is 7.53. The highest BCUT2D eigenvalue weighted by atomic mass is 31.2. The van der Waals surface area contributed by atoms with Gasteiger partial charge < -0.3 is 28.2 Å². The van der Waals surface area contributed by atoms with Crippen molar-refractivity contribution in [1.29, 1.82) is 0 Å². The number of benzene rings is 2. The quantitative estimate of drug-likeness (QED) is 0.224. The second-order valence-electron chi connectivity index (χ2n) is 7.87. The lowest BCUT2D eigenvalue weighted by Gasteiger charge is -2.24. The Morgan fingerprint density at radius 1 is 0.943 bits per heavy atom. The molecule has 0 heterocycles. The van der Waals surface area contributed by atoms with E-state index in [2.05, 4.69) is 12.1 Å². The molecule has 35 heavy (non-hydrogen) atoms. The number of carbonyl (C=O) groups excluding carboxylic acids is 1. The van der Waals surface area contributed by atoms with Crippen LogP contribution >= 0.6 is 7.60 Å². The van der Waals surface area contributed by atoms with Gasteiger partial charge in [-0.3, -0.25) is 9.36 Å². The molecule has 9 heteroatoms. The van der Waals surface area contributed by atoms with Crippen LogP contribution < -0.4 is 9.47 Å². The van der Waals surface area contributed by atoms with Crippen molar-refractivity contribution in [2.45, 2.75) is 33.6 Å². The van der Waals surface area contributed by atoms with E-state index in [9.17, 15) is 9.36 Å². The van der Waals surface area contributed by atoms with E-state index < -0.39 is 7.60 Å². The molecule has 2 aromatic carbocycles. The first-order valence-corrected chi connectivity index (χ1v) is 13.6. The van der Waals surface area contributed by atoms with Crippen molar-refractivity contribution in [3.63, 3.8) is 0 Å². The van der Waals surface area contributed by atoms with Crippen LogP contribution in [0.15, 0.2) is 42.5 Å². The third kappa shape index (κ3) is 8.97. The van der Waals surface area contributed by atoms with Crippen LogP contribution in [0.5, 0.6) is 11.5 Å². The van der Waals surface area contributed by atoms with Gasteiger partial charge in [-0.15, -0.1) is 0 Å². The number of nitrogens with zero attached hydrogens (tertiary/aromatic N) is 1. The number of hydrogen-bond acceptors (Lipinski definition) is 7. The van der Waals surface area contributed by atoms with Gasteiger partial charge in [-0.1, -0.05) is 30.3 Å². The van der Waals surface area contributed by atoms with Crippen LogP contribution in [0, 0.1) is 6.92 Å². The van der Waals surface area contributed by atoms with Gasteiger partial charge in [0.1, 0.15) is 17.8 Å². The van der Waals surface area contributed by atoms with Crippen LogP contribution in [0.3, 0.4) is 0 Å². The first-order chi connectivity index (χ1) is 16.9. The molecule has 0 spiro atoms. The molecular formula is C26H38NO7P. The molecule has 0 saturated heterocycles. The van der Waals surface area contributed by atoms with Gasteiger partial charge in [0.15, 0.2) is 0 Å². The summed E-state index contributed by atoms with van der Waals surface area (Å²) in [6, 6.07) is 13.6. The van der Waals surface area contributed by atoms with E-state index in [0.717, 1.165) is 18.4 Å². The Labute approximate surface area is 209 Å². The predicted molar refractivity (Wildman–Crippen MR) is 137 cm³/mol. The molecule has 0 saturated carbocycles. The first kappa shape index (κ1) is 28.9. The molecule has 194 valence electrons. The van der Waals surface area contributed by atoms with Gasteiger partial charge in [-0.25, -0.2) is 0 Å². The number of carbonyl (C=O) groups is 1. The average molecular weight is 508 g/mol. The summed E-state index contributed by atoms with van der Waals surface area (Å²) >= 11 is 0. The van der Waals surface area contributed by atoms with Gasteiger partial charge in [0, 0.05) is 24.2 Å². The zero-order chi connectivity index (χ0) is 25.7. The Kier molecular flexibility index (Phi) is 12.3. The van der Waals surface area contributed by atoms with Crippen molar-refractivity contribution in [3.05, 3.63) is 59.2 Å². The second-order valence-corrected chi connectivity index (χ2v) is 9.87. The molecular weight excluding hydrogens is 469 g/mol. The first-order valence-electron chi connectivity index (χ1n) is 11.9. The summed E-state index contributed by atoms with van der Waals surface area (Å²) in [5, 5.41) is 0. The SMILES string of the molecule is CCOP(=O)(COCCN(CCCc1ccccc1)C(=O)c1cc(OC)c(C)c(OC)c1)OCC. The van der Waals surface area contributed by atoms with Crippen LogP contribution in [0.1, 0.15) is 41.8 Å². The van der Waals surface area contributed by atoms with E-state index in [-0.39, 0.29) is 32.1 Å². The van der Waals surface area contributed by atoms with E-state index in [1.807, 2.05) is 25.1 Å². The number of rotatable bonds is 16. The fourth-order valence-electron chi connectivity index (χ4n) is 3.68. The molecule has 8 nitrogen and oxygen atoms in total. The van der Waals surface area contributed by atoms with Crippen LogP contribution in [0.2, 0.25) is 0 Å². The molecule has 1 amide bonds. The highest BCUT2D eigenvalue weighted by Gasteiger charge is 2.24. The molecule has 0 aliphatic heterocycles. The molecule has 0 aliphatic rings. The number of aryl methyl sites for hydroxylation is 1. The maximum absolute atomic E-state index is 13.5. The monoisotopic (exact) mass is 507 g/mol. The largest absolute Gasteiger partial charge is 0.496 e. The van der Waals surface area contributed by atoms with Crippen molar-refractivity contribution in [1.82, 2.24) is 4.90 Å². The summed E-state index contributed by atoms with van der Waals surface area (Å²) in [5.41, 5.74) is 2.51. The molecule has 0 fully saturated rings. The maximum atomic E-state index is 13.5. The highest BCUT2D eigenvalue weighted by Crippen LogP contribution is 2.47. The summed E-state index contributed by atoms with van der Waals surface area (Å²) in [6.45, 7) is 6.97. The lowest BCUT2D eigenvalue weighted by atomic mass is 10.1. The van der Waals surface area contributed by atoms with Crippen LogP contribution in [-0.4, -0.2) is 64.3 Å². The van der Waals surface area contributed by atoms with E-state index >= 15 is 0 Å². The standard InChI is InChI=1S/C26H38NO7P/c1-6-33-35(29,34-7-2)20-32-17-16-27(15-11-14-22-12-9-8-10-13-22)26(28)23-18-24(30-4)21(3)25(19-23)31-5/h8-10,12-13,18-19H,6-7,11,14-17,20H2,1-5H3. The van der Waals surface area contributed by atoms with Crippen LogP contribution in [0.4, 0.5) is 0 Å². The van der Waals surface area contributed by atoms with E-state index in [4.69, 9.17) is 23.3 Å². The predicted octanol–water partition coefficient (Wildman–Crippen LogP) is 5.33. The molecule has 2 aromatic rings. The molecule has 0 unspecified atom stereocenters. The zero-order valence-corrected chi connectivity index (χ0v) is 22.3. The second kappa shape index (κ2) is 14.9. The van der Waals surface area contributed by atoms with Gasteiger partial charge in [0.2, 0.25) is 0 Å². The molecule has 0 aliphatic carbocycles. The van der Waals surface area contributed by atoms with E-state index in [1.165, 1.54) is 5.56 Å². The van der Waals surface area contributed by atoms with Crippen molar-refractivity contribution >= 4 is 13.5 Å². The molecule has 0 atom stereocenters. The third-order valence-corrected chi connectivity index (χ3v) is 7.23. The van der Waals surface area contributed by atoms with Crippen molar-refractivity contribution in [3.8, 4) is 11.5 Å². The minimum absolute atomic E-state index is 0.156. The summed E-state index contributed by atoms with van der Waals surface area (Å²) in [7, 11) is -0.176. The van der Waals surface area contributed by atoms with Gasteiger partial charge in [-0.05, 0) is 51.3 Å². The van der Waals surface area contributed by atoms with E-state index in [1.54, 1.807) is 45.1 Å². The Morgan fingerprint density at radius 3 is 2.09 bits per heavy atom. The van der Waals surface area contributed by atoms with E-state index in [0.29, 0.717) is 30.2 Å². The molecule has 0 N–H and O–H groups in total. The van der Waals surface area contributed by atoms with Crippen molar-refractivity contribution in [2.75, 3.05) is 53.5 Å². The summed E-state index contributed by atoms with van der Waals surface area (Å²) in [6.07, 6.45) is 1.47. The van der Waals surface area contributed by atoms with Crippen LogP contribution in [0.25, 0.3) is 0 Å². The number of methoxy groups -OCH3 is 2. The molecule has 0 radical (unpaired) electrons. The number of hydrogen-bond donors (Lipinski definition) is 0. The lowest BCUT2D eigenvalue weighted by Crippen LogP contribution is -2.35. The Hall–Kier alpha value is -2.38. The summed E-state index contributed by atoms with van der Waals surface area (Å²) in [4.78, 5) is 15.2. The summed E-state index contributed by atoms with van der Waals surface area (Å²) in [5.74, 6) is 1.01. The smallest absolute Gasteiger partial charge is 0.356 e. The van der Waals surface area contributed by atoms with Crippen molar-refractivity contribution < 1.29 is 32.6 Å². The average Bonchev–Trinajstić information content (AvgIpc) is 2.86. The number of ether oxygens (including phenoxy) is 3. The van der Waals surface area contributed by atoms with Gasteiger partial charge in [0.05, 0.1) is 34.0 Å². The van der Waals surface area contributed by atoms with Gasteiger partial charge in [-0.2, -0.15) is 0 Å². The zero-order valence-electron chi connectivity index (χ0n) is 21.5. The topological polar surface area (TPSA) is 83.5 Å². The maximum Gasteiger partial charge on any atom is 0.356 e. The van der Waals surface area contributed by atoms with Gasteiger partial charge in [0.25, 0.3) is 5.91 Å². The number of amides is 1. The third-order valence-electron chi connectivity index (χ3n) is 5.43. The normalized spacial score (nSPS) is 11.3. The minimum Gasteiger partial charge on any atom is -0.496 e. The van der Waals surface area contributed by atoms with Crippen molar-refractivity contribution in [2.24, 2.45) is 0 Å². The lowest BCUT2D eigenvalue weighted by molar-refractivity contribution is 0.0661. The Bertz CT molecular complexity index is 932. The van der Waals surface area contributed by atoms with Gasteiger partial charge >= 0.3 is 7.60 Å². The molecule has 2 rings (SSSR count). The minimum atomic E-state index is -3.31. The molecule has 0 bridgehead atoms. The fraction of sp³-hybridized carbons (Fsp3) is 0.500. The fourth-order valence-corrected chi connectivity index (χ4v) is 5.05. The Morgan fingerprint density at radius 2 is 1.54 bits per heavy atom. The Balaban J connectivity index is 2.12. The summed E-state index contributed by atoms with van der Waals surface area (Å²) < 4.78 is 39.7.